The molecule has 0 aliphatic rings. The van der Waals surface area contributed by atoms with E-state index in [0.717, 1.165) is 0 Å². The van der Waals surface area contributed by atoms with Crippen LogP contribution >= 0.6 is 15.9 Å². The molecule has 0 amide bonds. The van der Waals surface area contributed by atoms with Crippen LogP contribution in [-0.2, 0) is 0 Å². The van der Waals surface area contributed by atoms with Crippen molar-refractivity contribution in [1.82, 2.24) is 0 Å². The Labute approximate surface area is 121 Å². The molecule has 0 saturated carbocycles. The van der Waals surface area contributed by atoms with E-state index in [1.165, 1.54) is 30.3 Å². The summed E-state index contributed by atoms with van der Waals surface area (Å²) in [6.07, 6.45) is 0. The fraction of sp³-hybridized carbons (Fsp3) is 0. The zero-order valence-corrected chi connectivity index (χ0v) is 11.6. The summed E-state index contributed by atoms with van der Waals surface area (Å²) in [7, 11) is 0. The van der Waals surface area contributed by atoms with E-state index < -0.39 is 10.7 Å². The van der Waals surface area contributed by atoms with Crippen LogP contribution in [0.1, 0.15) is 0 Å². The number of nitrogen functional groups attached to an aromatic ring is 1. The molecule has 2 rings (SSSR count). The maximum absolute atomic E-state index is 13.6. The summed E-state index contributed by atoms with van der Waals surface area (Å²) in [5, 5.41) is 10.8. The molecule has 3 N–H and O–H groups in total. The Bertz CT molecular complexity index is 666. The maximum atomic E-state index is 13.6. The lowest BCUT2D eigenvalue weighted by atomic mass is 10.2. The van der Waals surface area contributed by atoms with Crippen LogP contribution in [0.15, 0.2) is 40.9 Å². The molecule has 20 heavy (non-hydrogen) atoms. The minimum Gasteiger partial charge on any atom is -0.454 e. The van der Waals surface area contributed by atoms with E-state index in [-0.39, 0.29) is 22.9 Å². The van der Waals surface area contributed by atoms with Crippen LogP contribution in [0.3, 0.4) is 0 Å². The van der Waals surface area contributed by atoms with E-state index >= 15 is 0 Å². The van der Waals surface area contributed by atoms with Crippen molar-refractivity contribution in [3.05, 3.63) is 56.8 Å². The lowest BCUT2D eigenvalue weighted by Crippen LogP contribution is -2.07. The van der Waals surface area contributed by atoms with Crippen LogP contribution in [0.2, 0.25) is 0 Å². The Balaban J connectivity index is 2.37. The van der Waals surface area contributed by atoms with Gasteiger partial charge in [-0.05, 0) is 18.2 Å². The minimum absolute atomic E-state index is 0.0448. The summed E-state index contributed by atoms with van der Waals surface area (Å²) in [6.45, 7) is 0. The van der Waals surface area contributed by atoms with Crippen molar-refractivity contribution in [2.75, 3.05) is 5.43 Å². The number of rotatable bonds is 4. The van der Waals surface area contributed by atoms with Gasteiger partial charge in [0, 0.05) is 16.6 Å². The van der Waals surface area contributed by atoms with Gasteiger partial charge in [0.15, 0.2) is 11.6 Å². The first-order valence-electron chi connectivity index (χ1n) is 5.38. The third kappa shape index (κ3) is 3.22. The molecule has 0 unspecified atom stereocenters. The van der Waals surface area contributed by atoms with Gasteiger partial charge in [-0.15, -0.1) is 0 Å². The number of hydrogen-bond donors (Lipinski definition) is 2. The van der Waals surface area contributed by atoms with Gasteiger partial charge in [0.25, 0.3) is 5.69 Å². The average Bonchev–Trinajstić information content (AvgIpc) is 2.41. The number of non-ortho nitro benzene ring substituents is 1. The molecule has 104 valence electrons. The van der Waals surface area contributed by atoms with Crippen LogP contribution in [0.4, 0.5) is 15.8 Å². The molecule has 0 fully saturated rings. The fourth-order valence-electron chi connectivity index (χ4n) is 1.52. The van der Waals surface area contributed by atoms with Crippen molar-refractivity contribution in [2.24, 2.45) is 5.84 Å². The standard InChI is InChI=1S/C12H9BrFN3O3/c13-7-1-2-12(11(14)3-7)20-10-5-8(16-15)4-9(6-10)17(18)19/h1-6,16H,15H2. The van der Waals surface area contributed by atoms with Crippen molar-refractivity contribution in [3.8, 4) is 11.5 Å². The molecule has 0 aliphatic carbocycles. The molecule has 6 nitrogen and oxygen atoms in total. The van der Waals surface area contributed by atoms with E-state index in [1.807, 2.05) is 0 Å². The second-order valence-electron chi connectivity index (χ2n) is 3.79. The number of nitrogens with two attached hydrogens (primary N) is 1. The van der Waals surface area contributed by atoms with E-state index in [9.17, 15) is 14.5 Å². The van der Waals surface area contributed by atoms with Crippen molar-refractivity contribution >= 4 is 27.3 Å². The number of hydrogen-bond acceptors (Lipinski definition) is 5. The summed E-state index contributed by atoms with van der Waals surface area (Å²) in [5.41, 5.74) is 2.36. The molecule has 2 aromatic carbocycles. The van der Waals surface area contributed by atoms with Gasteiger partial charge >= 0.3 is 0 Å². The van der Waals surface area contributed by atoms with E-state index in [4.69, 9.17) is 10.6 Å². The number of benzene rings is 2. The molecular weight excluding hydrogens is 333 g/mol. The van der Waals surface area contributed by atoms with Gasteiger partial charge in [0.2, 0.25) is 0 Å². The van der Waals surface area contributed by atoms with Gasteiger partial charge in [0.05, 0.1) is 16.7 Å². The first-order valence-corrected chi connectivity index (χ1v) is 6.18. The average molecular weight is 342 g/mol. The first kappa shape index (κ1) is 14.2. The Morgan fingerprint density at radius 1 is 1.30 bits per heavy atom. The summed E-state index contributed by atoms with van der Waals surface area (Å²) >= 11 is 3.12. The highest BCUT2D eigenvalue weighted by atomic mass is 79.9. The number of nitrogens with one attached hydrogen (secondary N) is 1. The number of nitro benzene ring substituents is 1. The van der Waals surface area contributed by atoms with Crippen molar-refractivity contribution < 1.29 is 14.1 Å². The number of hydrazine groups is 1. The normalized spacial score (nSPS) is 10.2. The van der Waals surface area contributed by atoms with Gasteiger partial charge in [-0.2, -0.15) is 0 Å². The van der Waals surface area contributed by atoms with Gasteiger partial charge in [-0.25, -0.2) is 4.39 Å². The largest absolute Gasteiger partial charge is 0.454 e. The highest BCUT2D eigenvalue weighted by Gasteiger charge is 2.12. The summed E-state index contributed by atoms with van der Waals surface area (Å²) < 4.78 is 19.5. The minimum atomic E-state index is -0.592. The number of ether oxygens (including phenoxy) is 1. The van der Waals surface area contributed by atoms with Crippen LogP contribution in [0, 0.1) is 15.9 Å². The molecule has 0 saturated heterocycles. The quantitative estimate of drug-likeness (QED) is 0.504. The van der Waals surface area contributed by atoms with Crippen LogP contribution in [0.5, 0.6) is 11.5 Å². The van der Waals surface area contributed by atoms with E-state index in [0.29, 0.717) is 4.47 Å². The molecule has 0 spiro atoms. The zero-order valence-electron chi connectivity index (χ0n) is 9.97. The second-order valence-corrected chi connectivity index (χ2v) is 4.71. The molecule has 0 atom stereocenters. The maximum Gasteiger partial charge on any atom is 0.275 e. The Hall–Kier alpha value is -2.19. The Morgan fingerprint density at radius 2 is 2.05 bits per heavy atom. The van der Waals surface area contributed by atoms with Crippen LogP contribution in [0.25, 0.3) is 0 Å². The molecule has 8 heteroatoms. The third-order valence-electron chi connectivity index (χ3n) is 2.39. The lowest BCUT2D eigenvalue weighted by molar-refractivity contribution is -0.384. The monoisotopic (exact) mass is 341 g/mol. The zero-order chi connectivity index (χ0) is 14.7. The SMILES string of the molecule is NNc1cc(Oc2ccc(Br)cc2F)cc([N+](=O)[O-])c1. The third-order valence-corrected chi connectivity index (χ3v) is 2.88. The van der Waals surface area contributed by atoms with Crippen molar-refractivity contribution in [2.45, 2.75) is 0 Å². The van der Waals surface area contributed by atoms with E-state index in [1.54, 1.807) is 6.07 Å². The molecular formula is C12H9BrFN3O3. The van der Waals surface area contributed by atoms with Gasteiger partial charge in [-0.3, -0.25) is 16.0 Å². The van der Waals surface area contributed by atoms with Gasteiger partial charge in [0.1, 0.15) is 5.75 Å². The molecule has 0 aliphatic heterocycles. The Morgan fingerprint density at radius 3 is 2.65 bits per heavy atom. The number of anilines is 1. The fourth-order valence-corrected chi connectivity index (χ4v) is 1.85. The number of nitrogens with zero attached hydrogens (tertiary/aromatic N) is 1. The number of halogens is 2. The van der Waals surface area contributed by atoms with Crippen molar-refractivity contribution in [1.29, 1.82) is 0 Å². The Kier molecular flexibility index (Phi) is 4.16. The first-order chi connectivity index (χ1) is 9.49. The lowest BCUT2D eigenvalue weighted by Gasteiger charge is -2.08. The van der Waals surface area contributed by atoms with Gasteiger partial charge < -0.3 is 10.2 Å². The molecule has 0 heterocycles. The summed E-state index contributed by atoms with van der Waals surface area (Å²) in [6, 6.07) is 8.09. The van der Waals surface area contributed by atoms with Crippen LogP contribution < -0.4 is 16.0 Å². The van der Waals surface area contributed by atoms with Crippen LogP contribution in [-0.4, -0.2) is 4.92 Å². The van der Waals surface area contributed by atoms with Crippen molar-refractivity contribution in [3.63, 3.8) is 0 Å². The topological polar surface area (TPSA) is 90.4 Å². The van der Waals surface area contributed by atoms with Gasteiger partial charge in [-0.1, -0.05) is 15.9 Å². The highest BCUT2D eigenvalue weighted by molar-refractivity contribution is 9.10. The smallest absolute Gasteiger partial charge is 0.275 e. The second kappa shape index (κ2) is 5.85. The van der Waals surface area contributed by atoms with E-state index in [2.05, 4.69) is 21.4 Å². The predicted molar refractivity (Wildman–Crippen MR) is 75.1 cm³/mol. The molecule has 0 bridgehead atoms. The summed E-state index contributed by atoms with van der Waals surface area (Å²) in [5.74, 6) is 4.69. The predicted octanol–water partition coefficient (Wildman–Crippen LogP) is 3.57. The summed E-state index contributed by atoms with van der Waals surface area (Å²) in [4.78, 5) is 10.2. The number of nitro groups is 1. The molecule has 0 aromatic heterocycles. The molecule has 2 aromatic rings. The molecule has 0 radical (unpaired) electrons. The highest BCUT2D eigenvalue weighted by Crippen LogP contribution is 2.31.